The van der Waals surface area contributed by atoms with E-state index < -0.39 is 12.8 Å². The number of likely N-dealkylation sites (N-methyl/N-ethyl adjacent to an activating group) is 1. The van der Waals surface area contributed by atoms with Gasteiger partial charge >= 0.3 is 6.18 Å². The maximum absolute atomic E-state index is 12.2. The molecule has 0 aliphatic rings. The molecule has 0 saturated carbocycles. The average Bonchev–Trinajstić information content (AvgIpc) is 3.12. The Bertz CT molecular complexity index is 824. The Balaban J connectivity index is 0.00000512. The van der Waals surface area contributed by atoms with Gasteiger partial charge < -0.3 is 20.3 Å². The highest BCUT2D eigenvalue weighted by Gasteiger charge is 2.27. The number of guanidine groups is 1. The Labute approximate surface area is 204 Å². The van der Waals surface area contributed by atoms with Gasteiger partial charge in [-0.05, 0) is 32.1 Å². The number of alkyl halides is 3. The number of halogens is 4. The highest BCUT2D eigenvalue weighted by molar-refractivity contribution is 14.0. The molecule has 0 saturated heterocycles. The van der Waals surface area contributed by atoms with Crippen molar-refractivity contribution in [1.29, 1.82) is 0 Å². The number of aromatic nitrogens is 2. The molecule has 0 radical (unpaired) electrons. The Morgan fingerprint density at radius 2 is 1.84 bits per heavy atom. The van der Waals surface area contributed by atoms with E-state index in [-0.39, 0.29) is 36.6 Å². The molecule has 0 bridgehead atoms. The molecule has 1 aromatic carbocycles. The topological polar surface area (TPSA) is 66.7 Å². The van der Waals surface area contributed by atoms with Crippen LogP contribution in [0.4, 0.5) is 13.2 Å². The number of hydrogen-bond acceptors (Lipinski definition) is 4. The highest BCUT2D eigenvalue weighted by atomic mass is 127. The number of hydrogen-bond donors (Lipinski definition) is 2. The third-order valence-corrected chi connectivity index (χ3v) is 4.52. The molecule has 2 aromatic rings. The van der Waals surface area contributed by atoms with E-state index in [1.165, 1.54) is 0 Å². The molecule has 0 aliphatic heterocycles. The molecular formula is C21H32F3IN6O. The maximum atomic E-state index is 12.2. The molecule has 0 amide bonds. The molecule has 0 aliphatic carbocycles. The summed E-state index contributed by atoms with van der Waals surface area (Å²) in [7, 11) is 5.93. The Morgan fingerprint density at radius 1 is 1.19 bits per heavy atom. The number of nitrogens with zero attached hydrogens (tertiary/aromatic N) is 4. The Morgan fingerprint density at radius 3 is 2.38 bits per heavy atom. The Hall–Kier alpha value is -1.86. The monoisotopic (exact) mass is 568 g/mol. The number of benzene rings is 1. The summed E-state index contributed by atoms with van der Waals surface area (Å²) in [6.45, 7) is 2.49. The molecule has 7 nitrogen and oxygen atoms in total. The van der Waals surface area contributed by atoms with Crippen molar-refractivity contribution in [2.45, 2.75) is 32.3 Å². The third-order valence-electron chi connectivity index (χ3n) is 4.52. The third kappa shape index (κ3) is 10.2. The summed E-state index contributed by atoms with van der Waals surface area (Å²) in [6, 6.07) is 7.33. The first-order chi connectivity index (χ1) is 14.7. The fourth-order valence-corrected chi connectivity index (χ4v) is 2.94. The van der Waals surface area contributed by atoms with Gasteiger partial charge in [-0.15, -0.1) is 24.0 Å². The first kappa shape index (κ1) is 28.2. The van der Waals surface area contributed by atoms with Gasteiger partial charge in [0.25, 0.3) is 0 Å². The maximum Gasteiger partial charge on any atom is 0.411 e. The van der Waals surface area contributed by atoms with Gasteiger partial charge in [-0.2, -0.15) is 18.3 Å². The normalized spacial score (nSPS) is 13.1. The second kappa shape index (κ2) is 13.6. The molecule has 1 unspecified atom stereocenters. The minimum atomic E-state index is -4.31. The smallest absolute Gasteiger partial charge is 0.367 e. The van der Waals surface area contributed by atoms with E-state index in [1.54, 1.807) is 16.8 Å². The SMILES string of the molecule is CCNC(=NCc1ccc(COCC(F)(F)F)cc1)NCC(c1cnn(C)c1)N(C)C.I. The molecule has 0 fully saturated rings. The van der Waals surface area contributed by atoms with E-state index in [9.17, 15) is 13.2 Å². The minimum absolute atomic E-state index is 0. The standard InChI is InChI=1S/C21H31F3N6O.HI/c1-5-25-20(27-12-19(29(2)3)18-11-28-30(4)13-18)26-10-16-6-8-17(9-7-16)14-31-15-21(22,23)24;/h6-9,11,13,19H,5,10,12,14-15H2,1-4H3,(H2,25,26,27);1H. The second-order valence-electron chi connectivity index (χ2n) is 7.43. The van der Waals surface area contributed by atoms with E-state index in [0.29, 0.717) is 24.6 Å². The lowest BCUT2D eigenvalue weighted by atomic mass is 10.1. The van der Waals surface area contributed by atoms with E-state index in [0.717, 1.165) is 17.7 Å². The van der Waals surface area contributed by atoms with Crippen molar-refractivity contribution >= 4 is 29.9 Å². The van der Waals surface area contributed by atoms with Crippen LogP contribution >= 0.6 is 24.0 Å². The molecule has 0 spiro atoms. The summed E-state index contributed by atoms with van der Waals surface area (Å²) in [5.41, 5.74) is 2.75. The molecule has 1 heterocycles. The fraction of sp³-hybridized carbons (Fsp3) is 0.524. The average molecular weight is 568 g/mol. The molecule has 180 valence electrons. The van der Waals surface area contributed by atoms with E-state index in [2.05, 4.69) is 30.4 Å². The van der Waals surface area contributed by atoms with Gasteiger partial charge in [-0.3, -0.25) is 4.68 Å². The van der Waals surface area contributed by atoms with Crippen molar-refractivity contribution in [3.8, 4) is 0 Å². The highest BCUT2D eigenvalue weighted by Crippen LogP contribution is 2.17. The quantitative estimate of drug-likeness (QED) is 0.261. The summed E-state index contributed by atoms with van der Waals surface area (Å²) in [4.78, 5) is 6.73. The molecular weight excluding hydrogens is 536 g/mol. The van der Waals surface area contributed by atoms with E-state index in [4.69, 9.17) is 0 Å². The van der Waals surface area contributed by atoms with Crippen LogP contribution in [0.1, 0.15) is 29.7 Å². The summed E-state index contributed by atoms with van der Waals surface area (Å²) in [5, 5.41) is 10.8. The summed E-state index contributed by atoms with van der Waals surface area (Å²) in [6.07, 6.45) is -0.459. The van der Waals surface area contributed by atoms with Crippen LogP contribution in [-0.2, 0) is 24.9 Å². The fourth-order valence-electron chi connectivity index (χ4n) is 2.94. The summed E-state index contributed by atoms with van der Waals surface area (Å²) >= 11 is 0. The number of nitrogens with one attached hydrogen (secondary N) is 2. The predicted molar refractivity (Wildman–Crippen MR) is 130 cm³/mol. The van der Waals surface area contributed by atoms with Gasteiger partial charge in [0, 0.05) is 31.9 Å². The zero-order valence-electron chi connectivity index (χ0n) is 18.8. The number of ether oxygens (including phenoxy) is 1. The van der Waals surface area contributed by atoms with E-state index >= 15 is 0 Å². The van der Waals surface area contributed by atoms with Crippen LogP contribution in [0.25, 0.3) is 0 Å². The van der Waals surface area contributed by atoms with Crippen LogP contribution < -0.4 is 10.6 Å². The lowest BCUT2D eigenvalue weighted by molar-refractivity contribution is -0.176. The Kier molecular flexibility index (Phi) is 12.0. The van der Waals surface area contributed by atoms with Gasteiger partial charge in [0.05, 0.1) is 25.4 Å². The van der Waals surface area contributed by atoms with Crippen LogP contribution in [0.5, 0.6) is 0 Å². The zero-order chi connectivity index (χ0) is 22.9. The van der Waals surface area contributed by atoms with Crippen molar-refractivity contribution in [2.75, 3.05) is 33.8 Å². The van der Waals surface area contributed by atoms with Crippen LogP contribution in [-0.4, -0.2) is 60.6 Å². The van der Waals surface area contributed by atoms with Crippen molar-refractivity contribution in [3.05, 3.63) is 53.3 Å². The van der Waals surface area contributed by atoms with Crippen molar-refractivity contribution in [1.82, 2.24) is 25.3 Å². The van der Waals surface area contributed by atoms with Gasteiger partial charge in [0.15, 0.2) is 5.96 Å². The first-order valence-corrected chi connectivity index (χ1v) is 10.1. The lowest BCUT2D eigenvalue weighted by Gasteiger charge is -2.24. The van der Waals surface area contributed by atoms with Crippen molar-refractivity contribution in [3.63, 3.8) is 0 Å². The molecule has 1 aromatic heterocycles. The first-order valence-electron chi connectivity index (χ1n) is 10.1. The van der Waals surface area contributed by atoms with Crippen molar-refractivity contribution in [2.24, 2.45) is 12.0 Å². The summed E-state index contributed by atoms with van der Waals surface area (Å²) < 4.78 is 42.9. The van der Waals surface area contributed by atoms with Gasteiger partial charge in [-0.25, -0.2) is 4.99 Å². The second-order valence-corrected chi connectivity index (χ2v) is 7.43. The van der Waals surface area contributed by atoms with Gasteiger partial charge in [-0.1, -0.05) is 24.3 Å². The van der Waals surface area contributed by atoms with Crippen LogP contribution in [0.3, 0.4) is 0 Å². The summed E-state index contributed by atoms with van der Waals surface area (Å²) in [5.74, 6) is 0.691. The lowest BCUT2D eigenvalue weighted by Crippen LogP contribution is -2.41. The van der Waals surface area contributed by atoms with Gasteiger partial charge in [0.2, 0.25) is 0 Å². The largest absolute Gasteiger partial charge is 0.411 e. The molecule has 2 rings (SSSR count). The van der Waals surface area contributed by atoms with E-state index in [1.807, 2.05) is 52.6 Å². The zero-order valence-corrected chi connectivity index (χ0v) is 21.1. The number of aliphatic imine (C=N–C) groups is 1. The predicted octanol–water partition coefficient (Wildman–Crippen LogP) is 3.48. The molecule has 1 atom stereocenters. The molecule has 11 heteroatoms. The molecule has 32 heavy (non-hydrogen) atoms. The molecule has 2 N–H and O–H groups in total. The van der Waals surface area contributed by atoms with Crippen LogP contribution in [0, 0.1) is 0 Å². The van der Waals surface area contributed by atoms with Crippen molar-refractivity contribution < 1.29 is 17.9 Å². The van der Waals surface area contributed by atoms with Gasteiger partial charge in [0.1, 0.15) is 6.61 Å². The minimum Gasteiger partial charge on any atom is -0.367 e. The van der Waals surface area contributed by atoms with Crippen LogP contribution in [0.2, 0.25) is 0 Å². The van der Waals surface area contributed by atoms with Crippen LogP contribution in [0.15, 0.2) is 41.7 Å². The number of aryl methyl sites for hydroxylation is 1. The number of rotatable bonds is 10.